The first kappa shape index (κ1) is 18.6. The van der Waals surface area contributed by atoms with Crippen molar-refractivity contribution in [3.8, 4) is 0 Å². The Labute approximate surface area is 155 Å². The van der Waals surface area contributed by atoms with Gasteiger partial charge in [0.05, 0.1) is 13.2 Å². The molecule has 138 valence electrons. The smallest absolute Gasteiger partial charge is 0.234 e. The maximum Gasteiger partial charge on any atom is 0.234 e. The van der Waals surface area contributed by atoms with E-state index in [1.165, 1.54) is 5.56 Å². The first-order chi connectivity index (χ1) is 12.7. The van der Waals surface area contributed by atoms with Crippen LogP contribution in [0.5, 0.6) is 0 Å². The lowest BCUT2D eigenvalue weighted by molar-refractivity contribution is -0.122. The van der Waals surface area contributed by atoms with Crippen molar-refractivity contribution in [3.63, 3.8) is 0 Å². The van der Waals surface area contributed by atoms with Crippen molar-refractivity contribution in [1.29, 1.82) is 0 Å². The number of hydrogen-bond acceptors (Lipinski definition) is 4. The topological polar surface area (TPSA) is 67.6 Å². The average molecular weight is 353 g/mol. The van der Waals surface area contributed by atoms with Gasteiger partial charge < -0.3 is 15.8 Å². The molecule has 0 saturated carbocycles. The van der Waals surface area contributed by atoms with Gasteiger partial charge in [0.15, 0.2) is 0 Å². The summed E-state index contributed by atoms with van der Waals surface area (Å²) in [6, 6.07) is 18.5. The number of nitrogens with zero attached hydrogens (tertiary/aromatic N) is 1. The highest BCUT2D eigenvalue weighted by Crippen LogP contribution is 2.25. The van der Waals surface area contributed by atoms with E-state index in [0.717, 1.165) is 24.2 Å². The molecule has 1 fully saturated rings. The molecular weight excluding hydrogens is 326 g/mol. The molecule has 0 aliphatic carbocycles. The van der Waals surface area contributed by atoms with Gasteiger partial charge in [0.25, 0.3) is 0 Å². The summed E-state index contributed by atoms with van der Waals surface area (Å²) in [5.74, 6) is 0.323. The molecule has 2 aromatic carbocycles. The minimum absolute atomic E-state index is 0.0341. The van der Waals surface area contributed by atoms with Gasteiger partial charge in [0.1, 0.15) is 0 Å². The molecular formula is C21H27N3O2. The van der Waals surface area contributed by atoms with Crippen molar-refractivity contribution in [2.45, 2.75) is 25.1 Å². The fourth-order valence-electron chi connectivity index (χ4n) is 3.48. The second kappa shape index (κ2) is 8.94. The molecule has 1 amide bonds. The fraction of sp³-hybridized carbons (Fsp3) is 0.381. The van der Waals surface area contributed by atoms with Crippen LogP contribution in [0, 0.1) is 0 Å². The van der Waals surface area contributed by atoms with Crippen LogP contribution in [0.2, 0.25) is 0 Å². The summed E-state index contributed by atoms with van der Waals surface area (Å²) in [4.78, 5) is 14.4. The fourth-order valence-corrected chi connectivity index (χ4v) is 3.48. The van der Waals surface area contributed by atoms with Gasteiger partial charge in [-0.15, -0.1) is 0 Å². The standard InChI is InChI=1S/C21H27N3O2/c1-26-15-17-9-7-16(8-10-17)11-23-21(25)14-24-12-19(20(22)13-24)18-5-3-2-4-6-18/h2-10,19-20H,11-15,22H2,1H3,(H,23,25)/t19-,20+/m0/s1. The minimum atomic E-state index is 0.0341. The highest BCUT2D eigenvalue weighted by molar-refractivity contribution is 5.78. The Morgan fingerprint density at radius 1 is 1.12 bits per heavy atom. The number of likely N-dealkylation sites (tertiary alicyclic amines) is 1. The van der Waals surface area contributed by atoms with E-state index >= 15 is 0 Å². The van der Waals surface area contributed by atoms with Crippen molar-refractivity contribution in [2.24, 2.45) is 5.73 Å². The Hall–Kier alpha value is -2.21. The van der Waals surface area contributed by atoms with Crippen LogP contribution in [0.4, 0.5) is 0 Å². The molecule has 0 aromatic heterocycles. The zero-order valence-electron chi connectivity index (χ0n) is 15.2. The summed E-state index contributed by atoms with van der Waals surface area (Å²) in [6.45, 7) is 3.10. The van der Waals surface area contributed by atoms with Gasteiger partial charge in [-0.1, -0.05) is 54.6 Å². The Bertz CT molecular complexity index is 703. The number of carbonyl (C=O) groups is 1. The Balaban J connectivity index is 1.46. The third-order valence-corrected chi connectivity index (χ3v) is 4.86. The number of carbonyl (C=O) groups excluding carboxylic acids is 1. The second-order valence-corrected chi connectivity index (χ2v) is 6.90. The van der Waals surface area contributed by atoms with Crippen LogP contribution in [0.15, 0.2) is 54.6 Å². The van der Waals surface area contributed by atoms with Crippen LogP contribution in [-0.2, 0) is 22.7 Å². The number of methoxy groups -OCH3 is 1. The van der Waals surface area contributed by atoms with Crippen LogP contribution in [-0.4, -0.2) is 43.6 Å². The maximum absolute atomic E-state index is 12.3. The Kier molecular flexibility index (Phi) is 6.39. The van der Waals surface area contributed by atoms with E-state index in [4.69, 9.17) is 10.5 Å². The van der Waals surface area contributed by atoms with Crippen molar-refractivity contribution >= 4 is 5.91 Å². The summed E-state index contributed by atoms with van der Waals surface area (Å²) < 4.78 is 5.10. The quantitative estimate of drug-likeness (QED) is 0.797. The lowest BCUT2D eigenvalue weighted by atomic mass is 9.95. The number of benzene rings is 2. The normalized spacial score (nSPS) is 20.2. The van der Waals surface area contributed by atoms with Gasteiger partial charge in [-0.25, -0.2) is 0 Å². The molecule has 1 aliphatic rings. The minimum Gasteiger partial charge on any atom is -0.380 e. The zero-order chi connectivity index (χ0) is 18.4. The monoisotopic (exact) mass is 353 g/mol. The molecule has 1 heterocycles. The molecule has 0 bridgehead atoms. The molecule has 3 N–H and O–H groups in total. The van der Waals surface area contributed by atoms with Crippen molar-refractivity contribution < 1.29 is 9.53 Å². The number of nitrogens with two attached hydrogens (primary N) is 1. The van der Waals surface area contributed by atoms with Gasteiger partial charge in [-0.3, -0.25) is 9.69 Å². The molecule has 26 heavy (non-hydrogen) atoms. The number of rotatable bonds is 7. The highest BCUT2D eigenvalue weighted by atomic mass is 16.5. The van der Waals surface area contributed by atoms with Crippen LogP contribution < -0.4 is 11.1 Å². The van der Waals surface area contributed by atoms with Gasteiger partial charge in [-0.05, 0) is 16.7 Å². The molecule has 0 spiro atoms. The van der Waals surface area contributed by atoms with E-state index in [1.807, 2.05) is 42.5 Å². The second-order valence-electron chi connectivity index (χ2n) is 6.90. The lowest BCUT2D eigenvalue weighted by Gasteiger charge is -2.16. The predicted molar refractivity (Wildman–Crippen MR) is 103 cm³/mol. The van der Waals surface area contributed by atoms with E-state index in [1.54, 1.807) is 7.11 Å². The third kappa shape index (κ3) is 4.91. The largest absolute Gasteiger partial charge is 0.380 e. The number of ether oxygens (including phenoxy) is 1. The van der Waals surface area contributed by atoms with E-state index < -0.39 is 0 Å². The molecule has 5 heteroatoms. The average Bonchev–Trinajstić information content (AvgIpc) is 3.02. The van der Waals surface area contributed by atoms with Crippen LogP contribution in [0.3, 0.4) is 0 Å². The van der Waals surface area contributed by atoms with E-state index in [0.29, 0.717) is 19.7 Å². The molecule has 3 rings (SSSR count). The molecule has 5 nitrogen and oxygen atoms in total. The van der Waals surface area contributed by atoms with Crippen LogP contribution >= 0.6 is 0 Å². The van der Waals surface area contributed by atoms with Crippen LogP contribution in [0.25, 0.3) is 0 Å². The first-order valence-corrected chi connectivity index (χ1v) is 9.02. The summed E-state index contributed by atoms with van der Waals surface area (Å²) in [5, 5.41) is 2.99. The number of nitrogens with one attached hydrogen (secondary N) is 1. The third-order valence-electron chi connectivity index (χ3n) is 4.86. The van der Waals surface area contributed by atoms with E-state index in [9.17, 15) is 4.79 Å². The zero-order valence-corrected chi connectivity index (χ0v) is 15.2. The Morgan fingerprint density at radius 2 is 1.81 bits per heavy atom. The first-order valence-electron chi connectivity index (χ1n) is 9.02. The van der Waals surface area contributed by atoms with Crippen molar-refractivity contribution in [3.05, 3.63) is 71.3 Å². The Morgan fingerprint density at radius 3 is 2.50 bits per heavy atom. The van der Waals surface area contributed by atoms with Gasteiger partial charge in [0.2, 0.25) is 5.91 Å². The lowest BCUT2D eigenvalue weighted by Crippen LogP contribution is -2.37. The summed E-state index contributed by atoms with van der Waals surface area (Å²) in [6.07, 6.45) is 0. The molecule has 1 aliphatic heterocycles. The number of hydrogen-bond donors (Lipinski definition) is 2. The summed E-state index contributed by atoms with van der Waals surface area (Å²) >= 11 is 0. The van der Waals surface area contributed by atoms with Crippen LogP contribution in [0.1, 0.15) is 22.6 Å². The molecule has 0 radical (unpaired) electrons. The molecule has 2 aromatic rings. The van der Waals surface area contributed by atoms with E-state index in [2.05, 4.69) is 22.3 Å². The highest BCUT2D eigenvalue weighted by Gasteiger charge is 2.31. The van der Waals surface area contributed by atoms with Crippen molar-refractivity contribution in [2.75, 3.05) is 26.7 Å². The van der Waals surface area contributed by atoms with Gasteiger partial charge >= 0.3 is 0 Å². The predicted octanol–water partition coefficient (Wildman–Crippen LogP) is 1.88. The molecule has 2 atom stereocenters. The summed E-state index contributed by atoms with van der Waals surface area (Å²) in [5.41, 5.74) is 9.75. The van der Waals surface area contributed by atoms with Gasteiger partial charge in [-0.2, -0.15) is 0 Å². The van der Waals surface area contributed by atoms with Crippen molar-refractivity contribution in [1.82, 2.24) is 10.2 Å². The van der Waals surface area contributed by atoms with E-state index in [-0.39, 0.29) is 17.9 Å². The summed E-state index contributed by atoms with van der Waals surface area (Å²) in [7, 11) is 1.68. The molecule has 0 unspecified atom stereocenters. The molecule has 1 saturated heterocycles. The van der Waals surface area contributed by atoms with Gasteiger partial charge in [0, 0.05) is 38.7 Å². The maximum atomic E-state index is 12.3. The number of amides is 1. The SMILES string of the molecule is COCc1ccc(CNC(=O)CN2C[C@@H](N)[C@H](c3ccccc3)C2)cc1.